The molecule has 2 heterocycles. The number of imidazole rings is 1. The quantitative estimate of drug-likeness (QED) is 0.233. The Morgan fingerprint density at radius 2 is 1.81 bits per heavy atom. The summed E-state index contributed by atoms with van der Waals surface area (Å²) in [4.78, 5) is 33.2. The lowest BCUT2D eigenvalue weighted by Crippen LogP contribution is -2.42. The van der Waals surface area contributed by atoms with Crippen LogP contribution in [-0.2, 0) is 9.53 Å². The average Bonchev–Trinajstić information content (AvgIpc) is 3.67. The van der Waals surface area contributed by atoms with Gasteiger partial charge in [-0.15, -0.1) is 0 Å². The Bertz CT molecular complexity index is 1570. The Balaban J connectivity index is 1.46. The van der Waals surface area contributed by atoms with Gasteiger partial charge < -0.3 is 19.1 Å². The third kappa shape index (κ3) is 6.70. The van der Waals surface area contributed by atoms with Gasteiger partial charge >= 0.3 is 0 Å². The predicted octanol–water partition coefficient (Wildman–Crippen LogP) is 6.12. The van der Waals surface area contributed by atoms with E-state index >= 15 is 0 Å². The van der Waals surface area contributed by atoms with Gasteiger partial charge in [0.15, 0.2) is 11.5 Å². The van der Waals surface area contributed by atoms with E-state index in [1.807, 2.05) is 18.2 Å². The van der Waals surface area contributed by atoms with Crippen molar-refractivity contribution in [3.8, 4) is 28.4 Å². The lowest BCUT2D eigenvalue weighted by atomic mass is 10.1. The van der Waals surface area contributed by atoms with E-state index in [1.54, 1.807) is 73.5 Å². The third-order valence-corrected chi connectivity index (χ3v) is 7.50. The molecular formula is C31H30Cl2N4O5. The first-order chi connectivity index (χ1) is 20.4. The van der Waals surface area contributed by atoms with Crippen molar-refractivity contribution >= 4 is 41.0 Å². The summed E-state index contributed by atoms with van der Waals surface area (Å²) in [6, 6.07) is 19.4. The van der Waals surface area contributed by atoms with Gasteiger partial charge in [0.05, 0.1) is 42.3 Å². The predicted molar refractivity (Wildman–Crippen MR) is 162 cm³/mol. The molecular weight excluding hydrogens is 579 g/mol. The van der Waals surface area contributed by atoms with Gasteiger partial charge in [-0.25, -0.2) is 4.98 Å². The molecule has 1 aliphatic rings. The minimum atomic E-state index is -0.427. The fraction of sp³-hybridized carbons (Fsp3) is 0.258. The summed E-state index contributed by atoms with van der Waals surface area (Å²) < 4.78 is 18.4. The molecule has 0 aliphatic carbocycles. The molecule has 0 spiro atoms. The summed E-state index contributed by atoms with van der Waals surface area (Å²) in [6.07, 6.45) is 3.36. The van der Waals surface area contributed by atoms with Crippen molar-refractivity contribution in [1.82, 2.24) is 14.5 Å². The minimum absolute atomic E-state index is 0.158. The van der Waals surface area contributed by atoms with Crippen LogP contribution in [0.15, 0.2) is 72.9 Å². The topological polar surface area (TPSA) is 94.9 Å². The SMILES string of the molecule is COc1ccc(-n2cc(-c3ccc(Cl)cc3)nc2NC(=O)CN(C[C@@H]2CCCO2)C(=O)c2ccccc2Cl)cc1OC. The molecule has 1 aromatic heterocycles. The highest BCUT2D eigenvalue weighted by Gasteiger charge is 2.27. The van der Waals surface area contributed by atoms with Crippen LogP contribution in [0.5, 0.6) is 11.5 Å². The van der Waals surface area contributed by atoms with E-state index < -0.39 is 5.91 Å². The van der Waals surface area contributed by atoms with E-state index in [0.717, 1.165) is 18.4 Å². The van der Waals surface area contributed by atoms with E-state index in [9.17, 15) is 9.59 Å². The number of ether oxygens (including phenoxy) is 3. The van der Waals surface area contributed by atoms with Crippen molar-refractivity contribution in [2.24, 2.45) is 0 Å². The molecule has 1 N–H and O–H groups in total. The van der Waals surface area contributed by atoms with Gasteiger partial charge in [0.2, 0.25) is 11.9 Å². The number of nitrogens with zero attached hydrogens (tertiary/aromatic N) is 3. The van der Waals surface area contributed by atoms with E-state index in [4.69, 9.17) is 42.4 Å². The molecule has 0 radical (unpaired) electrons. The van der Waals surface area contributed by atoms with Crippen LogP contribution in [-0.4, -0.2) is 66.3 Å². The molecule has 218 valence electrons. The maximum absolute atomic E-state index is 13.5. The van der Waals surface area contributed by atoms with Crippen molar-refractivity contribution in [3.05, 3.63) is 88.5 Å². The number of carbonyl (C=O) groups is 2. The molecule has 9 nitrogen and oxygen atoms in total. The monoisotopic (exact) mass is 608 g/mol. The molecule has 0 bridgehead atoms. The zero-order valence-electron chi connectivity index (χ0n) is 23.2. The lowest BCUT2D eigenvalue weighted by molar-refractivity contribution is -0.117. The molecule has 1 fully saturated rings. The van der Waals surface area contributed by atoms with Gasteiger partial charge in [-0.05, 0) is 49.2 Å². The second-order valence-electron chi connectivity index (χ2n) is 9.71. The van der Waals surface area contributed by atoms with Gasteiger partial charge in [-0.3, -0.25) is 19.5 Å². The maximum Gasteiger partial charge on any atom is 0.255 e. The van der Waals surface area contributed by atoms with Crippen LogP contribution in [0.2, 0.25) is 10.0 Å². The fourth-order valence-corrected chi connectivity index (χ4v) is 5.14. The number of carbonyl (C=O) groups excluding carboxylic acids is 2. The smallest absolute Gasteiger partial charge is 0.255 e. The molecule has 42 heavy (non-hydrogen) atoms. The van der Waals surface area contributed by atoms with Gasteiger partial charge in [0.25, 0.3) is 5.91 Å². The van der Waals surface area contributed by atoms with Gasteiger partial charge in [0, 0.05) is 36.0 Å². The second kappa shape index (κ2) is 13.3. The number of anilines is 1. The highest BCUT2D eigenvalue weighted by atomic mass is 35.5. The summed E-state index contributed by atoms with van der Waals surface area (Å²) in [5, 5.41) is 3.81. The Morgan fingerprint density at radius 3 is 2.50 bits per heavy atom. The molecule has 3 aromatic carbocycles. The van der Waals surface area contributed by atoms with Gasteiger partial charge in [-0.2, -0.15) is 0 Å². The van der Waals surface area contributed by atoms with Crippen LogP contribution >= 0.6 is 23.2 Å². The molecule has 5 rings (SSSR count). The zero-order chi connectivity index (χ0) is 29.6. The third-order valence-electron chi connectivity index (χ3n) is 6.92. The van der Waals surface area contributed by atoms with Crippen LogP contribution in [0.25, 0.3) is 16.9 Å². The summed E-state index contributed by atoms with van der Waals surface area (Å²) in [7, 11) is 3.11. The number of hydrogen-bond donors (Lipinski definition) is 1. The first-order valence-corrected chi connectivity index (χ1v) is 14.1. The minimum Gasteiger partial charge on any atom is -0.493 e. The molecule has 0 unspecified atom stereocenters. The van der Waals surface area contributed by atoms with Crippen LogP contribution in [0.3, 0.4) is 0 Å². The lowest BCUT2D eigenvalue weighted by Gasteiger charge is -2.25. The molecule has 0 saturated carbocycles. The molecule has 1 aliphatic heterocycles. The Labute approximate surface area is 253 Å². The van der Waals surface area contributed by atoms with Gasteiger partial charge in [-0.1, -0.05) is 47.5 Å². The standard InChI is InChI=1S/C31H30Cl2N4O5/c1-40-27-14-13-22(16-28(27)41-2)37-18-26(20-9-11-21(32)12-10-20)34-31(37)35-29(38)19-36(17-23-6-5-15-42-23)30(39)24-7-3-4-8-25(24)33/h3-4,7-14,16,18,23H,5-6,15,17,19H2,1-2H3,(H,34,35,38)/t23-/m0/s1. The number of benzene rings is 3. The molecule has 11 heteroatoms. The number of methoxy groups -OCH3 is 2. The van der Waals surface area contributed by atoms with Crippen molar-refractivity contribution in [1.29, 1.82) is 0 Å². The van der Waals surface area contributed by atoms with Gasteiger partial charge in [0.1, 0.15) is 6.54 Å². The van der Waals surface area contributed by atoms with E-state index in [-0.39, 0.29) is 31.0 Å². The number of aromatic nitrogens is 2. The van der Waals surface area contributed by atoms with Crippen molar-refractivity contribution in [2.45, 2.75) is 18.9 Å². The van der Waals surface area contributed by atoms with Crippen LogP contribution in [0.4, 0.5) is 5.95 Å². The number of rotatable bonds is 10. The summed E-state index contributed by atoms with van der Waals surface area (Å²) in [6.45, 7) is 0.665. The molecule has 1 saturated heterocycles. The van der Waals surface area contributed by atoms with E-state index in [2.05, 4.69) is 5.32 Å². The summed E-state index contributed by atoms with van der Waals surface area (Å²) in [5.41, 5.74) is 2.42. The number of hydrogen-bond acceptors (Lipinski definition) is 6. The van der Waals surface area contributed by atoms with Crippen LogP contribution in [0.1, 0.15) is 23.2 Å². The zero-order valence-corrected chi connectivity index (χ0v) is 24.7. The Hall–Kier alpha value is -4.05. The van der Waals surface area contributed by atoms with Crippen LogP contribution < -0.4 is 14.8 Å². The van der Waals surface area contributed by atoms with Crippen molar-refractivity contribution in [3.63, 3.8) is 0 Å². The Morgan fingerprint density at radius 1 is 1.05 bits per heavy atom. The van der Waals surface area contributed by atoms with Crippen molar-refractivity contribution in [2.75, 3.05) is 39.2 Å². The highest BCUT2D eigenvalue weighted by Crippen LogP contribution is 2.32. The van der Waals surface area contributed by atoms with Crippen molar-refractivity contribution < 1.29 is 23.8 Å². The summed E-state index contributed by atoms with van der Waals surface area (Å²) >= 11 is 12.4. The number of nitrogens with one attached hydrogen (secondary N) is 1. The molecule has 2 amide bonds. The summed E-state index contributed by atoms with van der Waals surface area (Å²) in [5.74, 6) is 0.564. The average molecular weight is 610 g/mol. The van der Waals surface area contributed by atoms with E-state index in [0.29, 0.717) is 45.1 Å². The number of amides is 2. The first kappa shape index (κ1) is 29.4. The fourth-order valence-electron chi connectivity index (χ4n) is 4.80. The maximum atomic E-state index is 13.5. The normalized spacial score (nSPS) is 14.4. The highest BCUT2D eigenvalue weighted by molar-refractivity contribution is 6.33. The van der Waals surface area contributed by atoms with E-state index in [1.165, 1.54) is 4.90 Å². The Kier molecular flexibility index (Phi) is 9.31. The van der Waals surface area contributed by atoms with Crippen LogP contribution in [0, 0.1) is 0 Å². The molecule has 4 aromatic rings. The first-order valence-electron chi connectivity index (χ1n) is 13.4. The second-order valence-corrected chi connectivity index (χ2v) is 10.6. The number of halogens is 2. The molecule has 1 atom stereocenters. The largest absolute Gasteiger partial charge is 0.493 e.